The van der Waals surface area contributed by atoms with Crippen molar-refractivity contribution in [2.75, 3.05) is 0 Å². The Labute approximate surface area is 138 Å². The molecular weight excluding hydrogens is 280 g/mol. The molecule has 0 amide bonds. The lowest BCUT2D eigenvalue weighted by atomic mass is 9.86. The van der Waals surface area contributed by atoms with Crippen LogP contribution in [0, 0.1) is 0 Å². The molecule has 0 saturated heterocycles. The van der Waals surface area contributed by atoms with E-state index in [9.17, 15) is 5.11 Å². The van der Waals surface area contributed by atoms with E-state index in [0.717, 1.165) is 11.1 Å². The van der Waals surface area contributed by atoms with Crippen LogP contribution in [0.5, 0.6) is 5.75 Å². The molecule has 0 aliphatic carbocycles. The van der Waals surface area contributed by atoms with Crippen LogP contribution in [-0.2, 0) is 0 Å². The standard InChI is InChI=1S/C22H22O/c1-16(18-10-5-3-6-11-18)20-14-9-15-21(22(20)23)17(2)19-12-7-4-8-13-19/h3-17,23H,1-2H3/t16-,17+. The molecule has 116 valence electrons. The molecule has 0 radical (unpaired) electrons. The van der Waals surface area contributed by atoms with E-state index < -0.39 is 0 Å². The van der Waals surface area contributed by atoms with Crippen LogP contribution >= 0.6 is 0 Å². The number of benzene rings is 3. The third kappa shape index (κ3) is 3.14. The molecule has 0 aliphatic heterocycles. The molecular formula is C22H22O. The van der Waals surface area contributed by atoms with Gasteiger partial charge in [0.05, 0.1) is 0 Å². The Kier molecular flexibility index (Phi) is 4.47. The van der Waals surface area contributed by atoms with Crippen LogP contribution in [0.15, 0.2) is 78.9 Å². The fourth-order valence-corrected chi connectivity index (χ4v) is 3.12. The third-order valence-corrected chi connectivity index (χ3v) is 4.63. The lowest BCUT2D eigenvalue weighted by Gasteiger charge is -2.20. The van der Waals surface area contributed by atoms with Crippen LogP contribution in [0.25, 0.3) is 0 Å². The van der Waals surface area contributed by atoms with E-state index in [0.29, 0.717) is 5.75 Å². The molecule has 3 aromatic rings. The third-order valence-electron chi connectivity index (χ3n) is 4.63. The van der Waals surface area contributed by atoms with E-state index in [2.05, 4.69) is 38.1 Å². The summed E-state index contributed by atoms with van der Waals surface area (Å²) in [6.07, 6.45) is 0. The molecule has 2 atom stereocenters. The predicted molar refractivity (Wildman–Crippen MR) is 96.0 cm³/mol. The van der Waals surface area contributed by atoms with Crippen LogP contribution in [0.1, 0.15) is 47.9 Å². The van der Waals surface area contributed by atoms with Crippen LogP contribution in [0.3, 0.4) is 0 Å². The zero-order chi connectivity index (χ0) is 16.2. The summed E-state index contributed by atoms with van der Waals surface area (Å²) in [5, 5.41) is 10.9. The Morgan fingerprint density at radius 1 is 0.565 bits per heavy atom. The summed E-state index contributed by atoms with van der Waals surface area (Å²) in [4.78, 5) is 0. The van der Waals surface area contributed by atoms with Crippen molar-refractivity contribution in [1.29, 1.82) is 0 Å². The summed E-state index contributed by atoms with van der Waals surface area (Å²) < 4.78 is 0. The van der Waals surface area contributed by atoms with Crippen molar-refractivity contribution in [2.24, 2.45) is 0 Å². The van der Waals surface area contributed by atoms with Crippen molar-refractivity contribution < 1.29 is 5.11 Å². The predicted octanol–water partition coefficient (Wildman–Crippen LogP) is 5.70. The van der Waals surface area contributed by atoms with E-state index in [1.54, 1.807) is 0 Å². The molecule has 0 saturated carbocycles. The lowest BCUT2D eigenvalue weighted by Crippen LogP contribution is -2.01. The fourth-order valence-electron chi connectivity index (χ4n) is 3.12. The second-order valence-electron chi connectivity index (χ2n) is 6.05. The smallest absolute Gasteiger partial charge is 0.123 e. The van der Waals surface area contributed by atoms with Gasteiger partial charge >= 0.3 is 0 Å². The van der Waals surface area contributed by atoms with E-state index >= 15 is 0 Å². The van der Waals surface area contributed by atoms with E-state index in [4.69, 9.17) is 0 Å². The number of para-hydroxylation sites is 1. The van der Waals surface area contributed by atoms with Gasteiger partial charge < -0.3 is 5.11 Å². The molecule has 0 spiro atoms. The molecule has 1 N–H and O–H groups in total. The molecule has 0 unspecified atom stereocenters. The number of rotatable bonds is 4. The SMILES string of the molecule is C[C@H](c1ccccc1)c1cccc([C@@H](C)c2ccccc2)c1O. The topological polar surface area (TPSA) is 20.2 Å². The molecule has 1 heteroatoms. The fraction of sp³-hybridized carbons (Fsp3) is 0.182. The number of hydrogen-bond acceptors (Lipinski definition) is 1. The second-order valence-corrected chi connectivity index (χ2v) is 6.05. The normalized spacial score (nSPS) is 13.5. The Balaban J connectivity index is 1.99. The first-order chi connectivity index (χ1) is 11.2. The van der Waals surface area contributed by atoms with Crippen molar-refractivity contribution in [1.82, 2.24) is 0 Å². The highest BCUT2D eigenvalue weighted by Gasteiger charge is 2.18. The second kappa shape index (κ2) is 6.70. The van der Waals surface area contributed by atoms with Crippen molar-refractivity contribution in [3.05, 3.63) is 101 Å². The van der Waals surface area contributed by atoms with Gasteiger partial charge in [0.1, 0.15) is 5.75 Å². The first kappa shape index (κ1) is 15.4. The maximum atomic E-state index is 10.9. The molecule has 0 fully saturated rings. The number of hydrogen-bond donors (Lipinski definition) is 1. The monoisotopic (exact) mass is 302 g/mol. The molecule has 1 nitrogen and oxygen atoms in total. The number of aromatic hydroxyl groups is 1. The zero-order valence-corrected chi connectivity index (χ0v) is 13.6. The van der Waals surface area contributed by atoms with E-state index in [-0.39, 0.29) is 11.8 Å². The molecule has 3 aromatic carbocycles. The minimum atomic E-state index is 0.166. The average molecular weight is 302 g/mol. The maximum Gasteiger partial charge on any atom is 0.123 e. The molecule has 0 heterocycles. The van der Waals surface area contributed by atoms with Gasteiger partial charge in [-0.3, -0.25) is 0 Å². The summed E-state index contributed by atoms with van der Waals surface area (Å²) in [6, 6.07) is 26.7. The molecule has 0 aliphatic rings. The van der Waals surface area contributed by atoms with Crippen molar-refractivity contribution in [2.45, 2.75) is 25.7 Å². The van der Waals surface area contributed by atoms with Crippen molar-refractivity contribution >= 4 is 0 Å². The summed E-state index contributed by atoms with van der Waals surface area (Å²) in [6.45, 7) is 4.28. The van der Waals surface area contributed by atoms with Gasteiger partial charge in [0.25, 0.3) is 0 Å². The highest BCUT2D eigenvalue weighted by molar-refractivity contribution is 5.49. The number of phenolic OH excluding ortho intramolecular Hbond substituents is 1. The minimum absolute atomic E-state index is 0.166. The van der Waals surface area contributed by atoms with Crippen LogP contribution < -0.4 is 0 Å². The quantitative estimate of drug-likeness (QED) is 0.656. The summed E-state index contributed by atoms with van der Waals surface area (Å²) in [7, 11) is 0. The first-order valence-corrected chi connectivity index (χ1v) is 8.10. The lowest BCUT2D eigenvalue weighted by molar-refractivity contribution is 0.457. The van der Waals surface area contributed by atoms with Gasteiger partial charge in [0.2, 0.25) is 0 Å². The zero-order valence-electron chi connectivity index (χ0n) is 13.6. The van der Waals surface area contributed by atoms with Crippen molar-refractivity contribution in [3.8, 4) is 5.75 Å². The Morgan fingerprint density at radius 3 is 1.35 bits per heavy atom. The van der Waals surface area contributed by atoms with Crippen LogP contribution in [-0.4, -0.2) is 5.11 Å². The van der Waals surface area contributed by atoms with Gasteiger partial charge in [0, 0.05) is 23.0 Å². The Hall–Kier alpha value is -2.54. The van der Waals surface area contributed by atoms with Gasteiger partial charge in [-0.1, -0.05) is 92.7 Å². The molecule has 0 aromatic heterocycles. The van der Waals surface area contributed by atoms with E-state index in [1.165, 1.54) is 11.1 Å². The maximum absolute atomic E-state index is 10.9. The molecule has 3 rings (SSSR count). The Morgan fingerprint density at radius 2 is 0.957 bits per heavy atom. The summed E-state index contributed by atoms with van der Waals surface area (Å²) >= 11 is 0. The summed E-state index contributed by atoms with van der Waals surface area (Å²) in [5.41, 5.74) is 4.40. The van der Waals surface area contributed by atoms with Crippen LogP contribution in [0.2, 0.25) is 0 Å². The largest absolute Gasteiger partial charge is 0.507 e. The highest BCUT2D eigenvalue weighted by atomic mass is 16.3. The minimum Gasteiger partial charge on any atom is -0.507 e. The van der Waals surface area contributed by atoms with Gasteiger partial charge in [-0.2, -0.15) is 0 Å². The van der Waals surface area contributed by atoms with Crippen LogP contribution in [0.4, 0.5) is 0 Å². The van der Waals surface area contributed by atoms with Gasteiger partial charge in [-0.15, -0.1) is 0 Å². The Bertz CT molecular complexity index is 699. The molecule has 0 bridgehead atoms. The van der Waals surface area contributed by atoms with E-state index in [1.807, 2.05) is 54.6 Å². The highest BCUT2D eigenvalue weighted by Crippen LogP contribution is 2.38. The van der Waals surface area contributed by atoms with Crippen molar-refractivity contribution in [3.63, 3.8) is 0 Å². The summed E-state index contributed by atoms with van der Waals surface area (Å²) in [5.74, 6) is 0.749. The average Bonchev–Trinajstić information content (AvgIpc) is 2.62. The first-order valence-electron chi connectivity index (χ1n) is 8.10. The van der Waals surface area contributed by atoms with Gasteiger partial charge in [-0.25, -0.2) is 0 Å². The molecule has 23 heavy (non-hydrogen) atoms. The number of phenols is 1. The van der Waals surface area contributed by atoms with Gasteiger partial charge in [0.15, 0.2) is 0 Å². The van der Waals surface area contributed by atoms with Gasteiger partial charge in [-0.05, 0) is 11.1 Å².